The summed E-state index contributed by atoms with van der Waals surface area (Å²) in [5.41, 5.74) is 5.46. The van der Waals surface area contributed by atoms with E-state index in [1.807, 2.05) is 0 Å². The van der Waals surface area contributed by atoms with Gasteiger partial charge in [-0.3, -0.25) is 9.69 Å². The fourth-order valence-corrected chi connectivity index (χ4v) is 4.22. The van der Waals surface area contributed by atoms with E-state index in [1.165, 1.54) is 12.8 Å². The molecule has 1 heterocycles. The van der Waals surface area contributed by atoms with Crippen LogP contribution in [0.1, 0.15) is 40.0 Å². The molecule has 120 valence electrons. The molecule has 3 N–H and O–H groups in total. The van der Waals surface area contributed by atoms with Gasteiger partial charge < -0.3 is 15.8 Å². The minimum atomic E-state index is -0.786. The molecular weight excluding hydrogens is 266 g/mol. The molecule has 5 nitrogen and oxygen atoms in total. The Labute approximate surface area is 127 Å². The Hall–Kier alpha value is -0.650. The Bertz CT molecular complexity index is 435. The predicted molar refractivity (Wildman–Crippen MR) is 81.8 cm³/mol. The summed E-state index contributed by atoms with van der Waals surface area (Å²) in [5, 5.41) is 3.10. The highest BCUT2D eigenvalue weighted by molar-refractivity contribution is 5.89. The van der Waals surface area contributed by atoms with Crippen LogP contribution in [0.3, 0.4) is 0 Å². The zero-order valence-corrected chi connectivity index (χ0v) is 13.7. The van der Waals surface area contributed by atoms with E-state index in [0.29, 0.717) is 18.6 Å². The standard InChI is InChI=1S/C16H29N3O2/c1-10(19(4)11-5-6-11)9-18-14(20)16(17)12-7-8-21-13(12)15(16,2)3/h10-13H,5-9,17H2,1-4H3,(H,18,20). The molecule has 3 fully saturated rings. The highest BCUT2D eigenvalue weighted by atomic mass is 16.5. The number of carbonyl (C=O) groups is 1. The maximum Gasteiger partial charge on any atom is 0.241 e. The van der Waals surface area contributed by atoms with Crippen molar-refractivity contribution in [3.63, 3.8) is 0 Å². The first-order chi connectivity index (χ1) is 9.80. The molecule has 0 spiro atoms. The van der Waals surface area contributed by atoms with Crippen molar-refractivity contribution in [1.82, 2.24) is 10.2 Å². The largest absolute Gasteiger partial charge is 0.377 e. The molecule has 1 amide bonds. The molecule has 0 aromatic heterocycles. The van der Waals surface area contributed by atoms with Gasteiger partial charge in [-0.1, -0.05) is 13.8 Å². The first kappa shape index (κ1) is 15.3. The van der Waals surface area contributed by atoms with Gasteiger partial charge in [0.2, 0.25) is 5.91 Å². The first-order valence-electron chi connectivity index (χ1n) is 8.21. The summed E-state index contributed by atoms with van der Waals surface area (Å²) in [6.45, 7) is 7.66. The highest BCUT2D eigenvalue weighted by Gasteiger charge is 2.71. The second-order valence-electron chi connectivity index (χ2n) is 7.73. The zero-order chi connectivity index (χ0) is 15.4. The van der Waals surface area contributed by atoms with Gasteiger partial charge in [0.15, 0.2) is 0 Å². The van der Waals surface area contributed by atoms with Crippen LogP contribution >= 0.6 is 0 Å². The number of hydrogen-bond donors (Lipinski definition) is 2. The molecule has 5 heteroatoms. The number of nitrogens with two attached hydrogens (primary N) is 1. The summed E-state index contributed by atoms with van der Waals surface area (Å²) in [4.78, 5) is 15.1. The lowest BCUT2D eigenvalue weighted by Crippen LogP contribution is -2.80. The SMILES string of the molecule is CC(CNC(=O)C1(N)C2CCOC2C1(C)C)N(C)C1CC1. The lowest BCUT2D eigenvalue weighted by molar-refractivity contribution is -0.175. The Morgan fingerprint density at radius 2 is 2.10 bits per heavy atom. The number of rotatable bonds is 5. The lowest BCUT2D eigenvalue weighted by Gasteiger charge is -2.60. The second-order valence-corrected chi connectivity index (χ2v) is 7.73. The van der Waals surface area contributed by atoms with Crippen LogP contribution in [0, 0.1) is 11.3 Å². The van der Waals surface area contributed by atoms with Crippen LogP contribution in [-0.4, -0.2) is 54.7 Å². The zero-order valence-electron chi connectivity index (χ0n) is 13.7. The topological polar surface area (TPSA) is 67.6 Å². The molecule has 0 radical (unpaired) electrons. The van der Waals surface area contributed by atoms with Crippen LogP contribution in [0.25, 0.3) is 0 Å². The third-order valence-corrected chi connectivity index (χ3v) is 6.21. The van der Waals surface area contributed by atoms with Crippen LogP contribution in [0.4, 0.5) is 0 Å². The molecule has 4 atom stereocenters. The summed E-state index contributed by atoms with van der Waals surface area (Å²) < 4.78 is 5.75. The third kappa shape index (κ3) is 2.13. The van der Waals surface area contributed by atoms with Gasteiger partial charge in [0.25, 0.3) is 0 Å². The molecule has 21 heavy (non-hydrogen) atoms. The maximum absolute atomic E-state index is 12.7. The molecule has 0 bridgehead atoms. The summed E-state index contributed by atoms with van der Waals surface area (Å²) >= 11 is 0. The number of likely N-dealkylation sites (N-methyl/N-ethyl adjacent to an activating group) is 1. The minimum Gasteiger partial charge on any atom is -0.377 e. The van der Waals surface area contributed by atoms with Gasteiger partial charge in [0.1, 0.15) is 5.54 Å². The van der Waals surface area contributed by atoms with Crippen LogP contribution in [-0.2, 0) is 9.53 Å². The van der Waals surface area contributed by atoms with Crippen molar-refractivity contribution in [3.05, 3.63) is 0 Å². The van der Waals surface area contributed by atoms with Gasteiger partial charge >= 0.3 is 0 Å². The van der Waals surface area contributed by atoms with Crippen LogP contribution in [0.15, 0.2) is 0 Å². The minimum absolute atomic E-state index is 0.00435. The molecule has 0 aromatic carbocycles. The van der Waals surface area contributed by atoms with Crippen molar-refractivity contribution in [2.45, 2.75) is 63.8 Å². The average Bonchev–Trinajstić information content (AvgIpc) is 3.19. The number of nitrogens with one attached hydrogen (secondary N) is 1. The monoisotopic (exact) mass is 295 g/mol. The lowest BCUT2D eigenvalue weighted by atomic mass is 9.48. The Morgan fingerprint density at radius 1 is 1.43 bits per heavy atom. The summed E-state index contributed by atoms with van der Waals surface area (Å²) in [6, 6.07) is 1.06. The Morgan fingerprint density at radius 3 is 2.71 bits per heavy atom. The van der Waals surface area contributed by atoms with E-state index in [0.717, 1.165) is 13.0 Å². The fraction of sp³-hybridized carbons (Fsp3) is 0.938. The van der Waals surface area contributed by atoms with E-state index in [-0.39, 0.29) is 23.3 Å². The second kappa shape index (κ2) is 4.93. The normalized spacial score (nSPS) is 38.8. The summed E-state index contributed by atoms with van der Waals surface area (Å²) in [5.74, 6) is 0.166. The van der Waals surface area contributed by atoms with Crippen molar-refractivity contribution in [1.29, 1.82) is 0 Å². The van der Waals surface area contributed by atoms with Crippen molar-refractivity contribution >= 4 is 5.91 Å². The predicted octanol–water partition coefficient (Wildman–Crippen LogP) is 0.728. The van der Waals surface area contributed by atoms with Crippen LogP contribution < -0.4 is 11.1 Å². The number of nitrogens with zero attached hydrogens (tertiary/aromatic N) is 1. The van der Waals surface area contributed by atoms with Gasteiger partial charge in [-0.05, 0) is 33.2 Å². The molecule has 2 saturated carbocycles. The molecule has 1 aliphatic heterocycles. The summed E-state index contributed by atoms with van der Waals surface area (Å²) in [6.07, 6.45) is 3.60. The van der Waals surface area contributed by atoms with Crippen molar-refractivity contribution in [3.8, 4) is 0 Å². The quantitative estimate of drug-likeness (QED) is 0.784. The molecule has 3 aliphatic rings. The molecule has 0 aromatic rings. The third-order valence-electron chi connectivity index (χ3n) is 6.21. The number of fused-ring (bicyclic) bond motifs is 1. The van der Waals surface area contributed by atoms with Crippen LogP contribution in [0.5, 0.6) is 0 Å². The smallest absolute Gasteiger partial charge is 0.241 e. The number of amides is 1. The fourth-order valence-electron chi connectivity index (χ4n) is 4.22. The first-order valence-corrected chi connectivity index (χ1v) is 8.21. The number of hydrogen-bond acceptors (Lipinski definition) is 4. The molecule has 2 aliphatic carbocycles. The molecule has 1 saturated heterocycles. The van der Waals surface area contributed by atoms with Gasteiger partial charge in [-0.2, -0.15) is 0 Å². The molecule has 4 unspecified atom stereocenters. The number of carbonyl (C=O) groups excluding carboxylic acids is 1. The Balaban J connectivity index is 1.59. The van der Waals surface area contributed by atoms with E-state index < -0.39 is 5.54 Å². The van der Waals surface area contributed by atoms with Gasteiger partial charge in [-0.15, -0.1) is 0 Å². The van der Waals surface area contributed by atoms with Gasteiger partial charge in [-0.25, -0.2) is 0 Å². The molecule has 3 rings (SSSR count). The van der Waals surface area contributed by atoms with Gasteiger partial charge in [0, 0.05) is 36.6 Å². The van der Waals surface area contributed by atoms with E-state index in [2.05, 4.69) is 38.0 Å². The maximum atomic E-state index is 12.7. The van der Waals surface area contributed by atoms with E-state index in [1.54, 1.807) is 0 Å². The van der Waals surface area contributed by atoms with Crippen LogP contribution in [0.2, 0.25) is 0 Å². The van der Waals surface area contributed by atoms with E-state index in [9.17, 15) is 4.79 Å². The molecular formula is C16H29N3O2. The van der Waals surface area contributed by atoms with Crippen molar-refractivity contribution in [2.75, 3.05) is 20.2 Å². The Kier molecular flexibility index (Phi) is 3.58. The van der Waals surface area contributed by atoms with Gasteiger partial charge in [0.05, 0.1) is 6.10 Å². The summed E-state index contributed by atoms with van der Waals surface area (Å²) in [7, 11) is 2.14. The van der Waals surface area contributed by atoms with Crippen molar-refractivity contribution < 1.29 is 9.53 Å². The van der Waals surface area contributed by atoms with Crippen molar-refractivity contribution in [2.24, 2.45) is 17.1 Å². The van der Waals surface area contributed by atoms with E-state index in [4.69, 9.17) is 10.5 Å². The van der Waals surface area contributed by atoms with E-state index >= 15 is 0 Å². The highest BCUT2D eigenvalue weighted by Crippen LogP contribution is 2.58. The average molecular weight is 295 g/mol. The number of ether oxygens (including phenoxy) is 1.